The number of nitrogens with zero attached hydrogens (tertiary/aromatic N) is 1. The Morgan fingerprint density at radius 2 is 2.04 bits per heavy atom. The van der Waals surface area contributed by atoms with Gasteiger partial charge in [-0.3, -0.25) is 4.79 Å². The van der Waals surface area contributed by atoms with Crippen molar-refractivity contribution in [2.45, 2.75) is 26.9 Å². The largest absolute Gasteiger partial charge is 0.485 e. The Hall–Kier alpha value is -1.98. The van der Waals surface area contributed by atoms with Crippen LogP contribution in [0.2, 0.25) is 0 Å². The summed E-state index contributed by atoms with van der Waals surface area (Å²) >= 11 is 0. The molecule has 0 saturated carbocycles. The summed E-state index contributed by atoms with van der Waals surface area (Å²) in [6, 6.07) is 9.62. The summed E-state index contributed by atoms with van der Waals surface area (Å²) < 4.78 is 11.5. The third kappa shape index (κ3) is 5.00. The first-order valence-electron chi connectivity index (χ1n) is 8.42. The van der Waals surface area contributed by atoms with Crippen molar-refractivity contribution in [3.63, 3.8) is 0 Å². The van der Waals surface area contributed by atoms with Gasteiger partial charge in [-0.2, -0.15) is 0 Å². The highest BCUT2D eigenvalue weighted by atomic mass is 35.5. The fourth-order valence-electron chi connectivity index (χ4n) is 2.89. The number of furan rings is 1. The molecule has 0 radical (unpaired) electrons. The minimum absolute atomic E-state index is 0. The van der Waals surface area contributed by atoms with Crippen molar-refractivity contribution in [1.29, 1.82) is 0 Å². The first-order valence-corrected chi connectivity index (χ1v) is 8.42. The highest BCUT2D eigenvalue weighted by Gasteiger charge is 2.20. The maximum atomic E-state index is 12.5. The van der Waals surface area contributed by atoms with Crippen molar-refractivity contribution < 1.29 is 13.9 Å². The van der Waals surface area contributed by atoms with E-state index in [0.717, 1.165) is 37.4 Å². The summed E-state index contributed by atoms with van der Waals surface area (Å²) in [4.78, 5) is 14.3. The molecule has 2 aromatic rings. The lowest BCUT2D eigenvalue weighted by Gasteiger charge is -2.18. The number of amides is 1. The lowest BCUT2D eigenvalue weighted by atomic mass is 10.1. The topological polar surface area (TPSA) is 54.7 Å². The third-order valence-electron chi connectivity index (χ3n) is 4.20. The van der Waals surface area contributed by atoms with E-state index in [1.165, 1.54) is 5.56 Å². The van der Waals surface area contributed by atoms with Gasteiger partial charge in [-0.1, -0.05) is 17.7 Å². The predicted octanol–water partition coefficient (Wildman–Crippen LogP) is 3.33. The maximum Gasteiger partial charge on any atom is 0.289 e. The molecule has 0 atom stereocenters. The van der Waals surface area contributed by atoms with E-state index in [9.17, 15) is 4.79 Å². The fourth-order valence-corrected chi connectivity index (χ4v) is 2.89. The second kappa shape index (κ2) is 8.92. The summed E-state index contributed by atoms with van der Waals surface area (Å²) in [6.07, 6.45) is 0.967. The van der Waals surface area contributed by atoms with Gasteiger partial charge in [0.2, 0.25) is 0 Å². The summed E-state index contributed by atoms with van der Waals surface area (Å²) in [7, 11) is 0. The molecule has 1 aromatic carbocycles. The van der Waals surface area contributed by atoms with E-state index >= 15 is 0 Å². The molecule has 5 nitrogen and oxygen atoms in total. The van der Waals surface area contributed by atoms with Gasteiger partial charge >= 0.3 is 0 Å². The van der Waals surface area contributed by atoms with Gasteiger partial charge in [0.1, 0.15) is 18.1 Å². The van der Waals surface area contributed by atoms with Crippen molar-refractivity contribution in [2.24, 2.45) is 0 Å². The molecule has 0 bridgehead atoms. The molecule has 136 valence electrons. The number of carbonyl (C=O) groups excluding carboxylic acids is 1. The molecule has 1 aliphatic rings. The molecule has 1 aliphatic heterocycles. The van der Waals surface area contributed by atoms with Gasteiger partial charge in [0.25, 0.3) is 5.91 Å². The zero-order valence-electron chi connectivity index (χ0n) is 14.7. The molecular formula is C19H25ClN2O3. The number of nitrogens with one attached hydrogen (secondary N) is 1. The Kier molecular flexibility index (Phi) is 6.91. The Morgan fingerprint density at radius 3 is 2.84 bits per heavy atom. The van der Waals surface area contributed by atoms with Gasteiger partial charge in [-0.05, 0) is 50.6 Å². The molecule has 6 heteroatoms. The van der Waals surface area contributed by atoms with Crippen molar-refractivity contribution in [1.82, 2.24) is 10.2 Å². The predicted molar refractivity (Wildman–Crippen MR) is 99.6 cm³/mol. The first kappa shape index (κ1) is 19.3. The standard InChI is InChI=1S/C19H24N2O3.ClH/c1-14-4-6-17(15(2)12-14)23-13-16-5-7-18(24-16)19(22)21-10-3-8-20-9-11-21;/h4-7,12,20H,3,8-11,13H2,1-2H3;1H. The molecule has 1 aromatic heterocycles. The summed E-state index contributed by atoms with van der Waals surface area (Å²) in [5.74, 6) is 1.84. The van der Waals surface area contributed by atoms with E-state index in [1.54, 1.807) is 6.07 Å². The second-order valence-electron chi connectivity index (χ2n) is 6.22. The number of hydrogen-bond acceptors (Lipinski definition) is 4. The number of hydrogen-bond donors (Lipinski definition) is 1. The molecule has 1 amide bonds. The van der Waals surface area contributed by atoms with Crippen LogP contribution in [0.4, 0.5) is 0 Å². The van der Waals surface area contributed by atoms with Crippen LogP contribution in [0.3, 0.4) is 0 Å². The van der Waals surface area contributed by atoms with Gasteiger partial charge in [0.15, 0.2) is 5.76 Å². The molecule has 0 unspecified atom stereocenters. The van der Waals surface area contributed by atoms with Crippen LogP contribution in [0, 0.1) is 13.8 Å². The van der Waals surface area contributed by atoms with Gasteiger partial charge < -0.3 is 19.4 Å². The van der Waals surface area contributed by atoms with Gasteiger partial charge in [0.05, 0.1) is 0 Å². The fraction of sp³-hybridized carbons (Fsp3) is 0.421. The monoisotopic (exact) mass is 364 g/mol. The second-order valence-corrected chi connectivity index (χ2v) is 6.22. The van der Waals surface area contributed by atoms with Crippen LogP contribution in [-0.4, -0.2) is 37.0 Å². The Balaban J connectivity index is 0.00000225. The molecule has 0 aliphatic carbocycles. The number of ether oxygens (including phenoxy) is 1. The highest BCUT2D eigenvalue weighted by Crippen LogP contribution is 2.21. The van der Waals surface area contributed by atoms with Crippen LogP contribution < -0.4 is 10.1 Å². The van der Waals surface area contributed by atoms with Crippen molar-refractivity contribution in [3.05, 3.63) is 53.0 Å². The third-order valence-corrected chi connectivity index (χ3v) is 4.20. The first-order chi connectivity index (χ1) is 11.6. The SMILES string of the molecule is Cc1ccc(OCc2ccc(C(=O)N3CCCNCC3)o2)c(C)c1.Cl. The number of benzene rings is 1. The van der Waals surface area contributed by atoms with Gasteiger partial charge in [-0.25, -0.2) is 0 Å². The summed E-state index contributed by atoms with van der Waals surface area (Å²) in [5.41, 5.74) is 2.30. The summed E-state index contributed by atoms with van der Waals surface area (Å²) in [6.45, 7) is 7.66. The molecule has 1 N–H and O–H groups in total. The van der Waals surface area contributed by atoms with Gasteiger partial charge in [0, 0.05) is 19.6 Å². The van der Waals surface area contributed by atoms with Crippen molar-refractivity contribution in [3.8, 4) is 5.75 Å². The zero-order chi connectivity index (χ0) is 16.9. The zero-order valence-corrected chi connectivity index (χ0v) is 15.5. The number of rotatable bonds is 4. The quantitative estimate of drug-likeness (QED) is 0.904. The summed E-state index contributed by atoms with van der Waals surface area (Å²) in [5, 5.41) is 3.29. The van der Waals surface area contributed by atoms with Crippen LogP contribution in [-0.2, 0) is 6.61 Å². The van der Waals surface area contributed by atoms with E-state index in [1.807, 2.05) is 30.0 Å². The minimum Gasteiger partial charge on any atom is -0.485 e. The lowest BCUT2D eigenvalue weighted by Crippen LogP contribution is -2.33. The van der Waals surface area contributed by atoms with E-state index in [4.69, 9.17) is 9.15 Å². The number of halogens is 1. The number of aryl methyl sites for hydroxylation is 2. The van der Waals surface area contributed by atoms with Crippen LogP contribution in [0.15, 0.2) is 34.7 Å². The Bertz CT molecular complexity index is 706. The van der Waals surface area contributed by atoms with E-state index in [0.29, 0.717) is 24.7 Å². The van der Waals surface area contributed by atoms with Gasteiger partial charge in [-0.15, -0.1) is 12.4 Å². The van der Waals surface area contributed by atoms with E-state index in [2.05, 4.69) is 18.3 Å². The van der Waals surface area contributed by atoms with Crippen molar-refractivity contribution >= 4 is 18.3 Å². The average Bonchev–Trinajstić information content (AvgIpc) is 2.87. The smallest absolute Gasteiger partial charge is 0.289 e. The minimum atomic E-state index is -0.0449. The van der Waals surface area contributed by atoms with Crippen LogP contribution >= 0.6 is 12.4 Å². The molecular weight excluding hydrogens is 340 g/mol. The van der Waals surface area contributed by atoms with Crippen LogP contribution in [0.1, 0.15) is 33.9 Å². The normalized spacial score (nSPS) is 14.6. The molecule has 25 heavy (non-hydrogen) atoms. The van der Waals surface area contributed by atoms with E-state index in [-0.39, 0.29) is 18.3 Å². The average molecular weight is 365 g/mol. The molecule has 3 rings (SSSR count). The maximum absolute atomic E-state index is 12.5. The molecule has 1 saturated heterocycles. The van der Waals surface area contributed by atoms with Crippen molar-refractivity contribution in [2.75, 3.05) is 26.2 Å². The van der Waals surface area contributed by atoms with Crippen LogP contribution in [0.5, 0.6) is 5.75 Å². The van der Waals surface area contributed by atoms with E-state index < -0.39 is 0 Å². The lowest BCUT2D eigenvalue weighted by molar-refractivity contribution is 0.0730. The highest BCUT2D eigenvalue weighted by molar-refractivity contribution is 5.91. The number of carbonyl (C=O) groups is 1. The molecule has 2 heterocycles. The Morgan fingerprint density at radius 1 is 1.20 bits per heavy atom. The molecule has 1 fully saturated rings. The molecule has 0 spiro atoms. The Labute approximate surface area is 154 Å². The van der Waals surface area contributed by atoms with Crippen LogP contribution in [0.25, 0.3) is 0 Å².